The van der Waals surface area contributed by atoms with Gasteiger partial charge in [0.15, 0.2) is 0 Å². The maximum Gasteiger partial charge on any atom is 0.315 e. The van der Waals surface area contributed by atoms with Crippen LogP contribution in [0.25, 0.3) is 0 Å². The van der Waals surface area contributed by atoms with Crippen molar-refractivity contribution in [3.8, 4) is 0 Å². The van der Waals surface area contributed by atoms with Crippen molar-refractivity contribution in [3.05, 3.63) is 0 Å². The van der Waals surface area contributed by atoms with Gasteiger partial charge in [0.2, 0.25) is 5.91 Å². The van der Waals surface area contributed by atoms with E-state index in [1.54, 1.807) is 0 Å². The van der Waals surface area contributed by atoms with Crippen LogP contribution >= 0.6 is 0 Å². The summed E-state index contributed by atoms with van der Waals surface area (Å²) in [6, 6.07) is -1.27. The number of carbonyl (C=O) groups is 2. The molecule has 12 heavy (non-hydrogen) atoms. The van der Waals surface area contributed by atoms with Crippen molar-refractivity contribution < 1.29 is 9.59 Å². The number of urea groups is 1. The lowest BCUT2D eigenvalue weighted by Gasteiger charge is -2.31. The van der Waals surface area contributed by atoms with Gasteiger partial charge in [-0.2, -0.15) is 0 Å². The Hall–Kier alpha value is -1.30. The molecule has 3 amide bonds. The lowest BCUT2D eigenvalue weighted by Crippen LogP contribution is -2.58. The van der Waals surface area contributed by atoms with Gasteiger partial charge in [-0.3, -0.25) is 4.79 Å². The average Bonchev–Trinajstić information content (AvgIpc) is 2.04. The number of hydrogen-bond acceptors (Lipinski definition) is 2. The second-order valence-electron chi connectivity index (χ2n) is 2.58. The number of piperazine rings is 1. The molecular formula is C6H11N4O2. The van der Waals surface area contributed by atoms with Gasteiger partial charge >= 0.3 is 6.03 Å². The first kappa shape index (κ1) is 8.79. The summed E-state index contributed by atoms with van der Waals surface area (Å²) in [5.41, 5.74) is 10.1. The molecule has 0 spiro atoms. The third-order valence-corrected chi connectivity index (χ3v) is 1.79. The van der Waals surface area contributed by atoms with Crippen LogP contribution in [0.2, 0.25) is 0 Å². The number of primary amides is 2. The van der Waals surface area contributed by atoms with Crippen LogP contribution in [0.1, 0.15) is 0 Å². The van der Waals surface area contributed by atoms with Crippen LogP contribution in [-0.4, -0.2) is 42.5 Å². The maximum atomic E-state index is 10.8. The highest BCUT2D eigenvalue weighted by Crippen LogP contribution is 2.02. The number of nitrogens with zero attached hydrogens (tertiary/aromatic N) is 2. The van der Waals surface area contributed by atoms with E-state index in [0.717, 1.165) is 0 Å². The van der Waals surface area contributed by atoms with Gasteiger partial charge in [0, 0.05) is 19.6 Å². The van der Waals surface area contributed by atoms with E-state index in [9.17, 15) is 9.59 Å². The average molecular weight is 171 g/mol. The van der Waals surface area contributed by atoms with E-state index >= 15 is 0 Å². The quantitative estimate of drug-likeness (QED) is 0.469. The first-order valence-electron chi connectivity index (χ1n) is 3.61. The van der Waals surface area contributed by atoms with E-state index in [1.807, 2.05) is 0 Å². The highest BCUT2D eigenvalue weighted by Gasteiger charge is 2.29. The van der Waals surface area contributed by atoms with Gasteiger partial charge in [-0.05, 0) is 0 Å². The van der Waals surface area contributed by atoms with E-state index < -0.39 is 18.0 Å². The minimum Gasteiger partial charge on any atom is -0.368 e. The fourth-order valence-corrected chi connectivity index (χ4v) is 1.15. The number of carbonyl (C=O) groups excluding carboxylic acids is 2. The minimum absolute atomic E-state index is 0.262. The molecule has 0 aromatic heterocycles. The number of amides is 3. The molecule has 1 atom stereocenters. The normalized spacial score (nSPS) is 23.7. The summed E-state index contributed by atoms with van der Waals surface area (Å²) in [4.78, 5) is 22.8. The molecule has 6 heteroatoms. The molecule has 1 unspecified atom stereocenters. The van der Waals surface area contributed by atoms with Crippen molar-refractivity contribution >= 4 is 11.9 Å². The zero-order valence-corrected chi connectivity index (χ0v) is 6.56. The van der Waals surface area contributed by atoms with E-state index in [1.165, 1.54) is 4.90 Å². The van der Waals surface area contributed by atoms with Gasteiger partial charge in [-0.1, -0.05) is 0 Å². The van der Waals surface area contributed by atoms with Crippen molar-refractivity contribution in [2.45, 2.75) is 6.04 Å². The summed E-state index contributed by atoms with van der Waals surface area (Å²) in [7, 11) is 0. The van der Waals surface area contributed by atoms with Gasteiger partial charge in [0.25, 0.3) is 0 Å². The Bertz CT molecular complexity index is 184. The van der Waals surface area contributed by atoms with Gasteiger partial charge in [0.1, 0.15) is 6.04 Å². The molecular weight excluding hydrogens is 160 g/mol. The molecule has 0 saturated carbocycles. The predicted molar refractivity (Wildman–Crippen MR) is 41.1 cm³/mol. The van der Waals surface area contributed by atoms with E-state index in [4.69, 9.17) is 11.5 Å². The Kier molecular flexibility index (Phi) is 2.49. The molecule has 1 aliphatic heterocycles. The van der Waals surface area contributed by atoms with Crippen LogP contribution in [0.15, 0.2) is 0 Å². The van der Waals surface area contributed by atoms with Crippen LogP contribution in [0.3, 0.4) is 0 Å². The monoisotopic (exact) mass is 171 g/mol. The maximum absolute atomic E-state index is 10.8. The summed E-state index contributed by atoms with van der Waals surface area (Å²) < 4.78 is 0. The predicted octanol–water partition coefficient (Wildman–Crippen LogP) is -2.16. The molecule has 0 aliphatic carbocycles. The molecule has 1 saturated heterocycles. The molecule has 4 N–H and O–H groups in total. The minimum atomic E-state index is -0.656. The third kappa shape index (κ3) is 1.65. The van der Waals surface area contributed by atoms with Gasteiger partial charge in [0.05, 0.1) is 0 Å². The molecule has 1 rings (SSSR count). The summed E-state index contributed by atoms with van der Waals surface area (Å²) in [5.74, 6) is -0.558. The standard InChI is InChI=1S/C6H11N4O2/c7-5(11)4-3-9-1-2-10(4)6(8)12/h4H,1-3H2,(H2,7,11)(H2,8,12). The lowest BCUT2D eigenvalue weighted by atomic mass is 10.2. The molecule has 1 radical (unpaired) electrons. The second-order valence-corrected chi connectivity index (χ2v) is 2.58. The van der Waals surface area contributed by atoms with E-state index in [-0.39, 0.29) is 6.54 Å². The Morgan fingerprint density at radius 1 is 1.42 bits per heavy atom. The topological polar surface area (TPSA) is 104 Å². The molecule has 67 valence electrons. The molecule has 6 nitrogen and oxygen atoms in total. The fourth-order valence-electron chi connectivity index (χ4n) is 1.15. The van der Waals surface area contributed by atoms with Crippen molar-refractivity contribution in [2.24, 2.45) is 11.5 Å². The van der Waals surface area contributed by atoms with E-state index in [2.05, 4.69) is 5.32 Å². The van der Waals surface area contributed by atoms with Crippen LogP contribution < -0.4 is 16.8 Å². The molecule has 0 aromatic carbocycles. The highest BCUT2D eigenvalue weighted by atomic mass is 16.2. The summed E-state index contributed by atoms with van der Waals surface area (Å²) in [6.45, 7) is 1.16. The molecule has 1 fully saturated rings. The first-order chi connectivity index (χ1) is 5.63. The smallest absolute Gasteiger partial charge is 0.315 e. The third-order valence-electron chi connectivity index (χ3n) is 1.79. The van der Waals surface area contributed by atoms with Gasteiger partial charge < -0.3 is 16.4 Å². The number of rotatable bonds is 1. The highest BCUT2D eigenvalue weighted by molar-refractivity contribution is 5.85. The first-order valence-corrected chi connectivity index (χ1v) is 3.61. The number of nitrogens with two attached hydrogens (primary N) is 2. The Morgan fingerprint density at radius 3 is 2.50 bits per heavy atom. The second kappa shape index (κ2) is 3.40. The Balaban J connectivity index is 2.67. The number of hydrogen-bond donors (Lipinski definition) is 2. The van der Waals surface area contributed by atoms with Gasteiger partial charge in [-0.15, -0.1) is 0 Å². The van der Waals surface area contributed by atoms with E-state index in [0.29, 0.717) is 13.1 Å². The molecule has 0 aromatic rings. The van der Waals surface area contributed by atoms with Crippen molar-refractivity contribution in [2.75, 3.05) is 19.6 Å². The summed E-state index contributed by atoms with van der Waals surface area (Å²) in [5, 5.41) is 3.96. The summed E-state index contributed by atoms with van der Waals surface area (Å²) >= 11 is 0. The zero-order chi connectivity index (χ0) is 9.14. The molecule has 1 aliphatic rings. The van der Waals surface area contributed by atoms with Crippen molar-refractivity contribution in [1.29, 1.82) is 0 Å². The largest absolute Gasteiger partial charge is 0.368 e. The Labute approximate surface area is 69.9 Å². The van der Waals surface area contributed by atoms with Crippen LogP contribution in [0.4, 0.5) is 4.79 Å². The SMILES string of the molecule is NC(=O)C1C[N]CCN1C(N)=O. The molecule has 1 heterocycles. The summed E-state index contributed by atoms with van der Waals surface area (Å²) in [6.07, 6.45) is 0. The van der Waals surface area contributed by atoms with Crippen LogP contribution in [0.5, 0.6) is 0 Å². The Morgan fingerprint density at radius 2 is 2.08 bits per heavy atom. The van der Waals surface area contributed by atoms with Crippen LogP contribution in [0, 0.1) is 0 Å². The molecule has 0 bridgehead atoms. The van der Waals surface area contributed by atoms with Gasteiger partial charge in [-0.25, -0.2) is 10.1 Å². The zero-order valence-electron chi connectivity index (χ0n) is 6.56. The lowest BCUT2D eigenvalue weighted by molar-refractivity contribution is -0.122. The van der Waals surface area contributed by atoms with Crippen LogP contribution in [-0.2, 0) is 4.79 Å². The van der Waals surface area contributed by atoms with Crippen molar-refractivity contribution in [3.63, 3.8) is 0 Å². The fraction of sp³-hybridized carbons (Fsp3) is 0.667. The van der Waals surface area contributed by atoms with Crippen molar-refractivity contribution in [1.82, 2.24) is 10.2 Å².